The standard InChI is InChI=1S/C10H15N3O2/c1-15-5-4-13-10(14)9-6-8(7-11)2-3-12-9/h2-3,6H,4-5,7,11H2,1H3,(H,13,14). The van der Waals surface area contributed by atoms with Crippen molar-refractivity contribution in [3.8, 4) is 0 Å². The molecule has 0 fully saturated rings. The zero-order valence-electron chi connectivity index (χ0n) is 8.69. The van der Waals surface area contributed by atoms with Crippen molar-refractivity contribution in [3.63, 3.8) is 0 Å². The number of nitrogens with zero attached hydrogens (tertiary/aromatic N) is 1. The maximum absolute atomic E-state index is 11.5. The van der Waals surface area contributed by atoms with Crippen LogP contribution in [0.15, 0.2) is 18.3 Å². The number of ether oxygens (including phenoxy) is 1. The summed E-state index contributed by atoms with van der Waals surface area (Å²) in [6.45, 7) is 1.37. The molecule has 82 valence electrons. The van der Waals surface area contributed by atoms with Crippen molar-refractivity contribution >= 4 is 5.91 Å². The first-order chi connectivity index (χ1) is 7.27. The van der Waals surface area contributed by atoms with Gasteiger partial charge in [-0.15, -0.1) is 0 Å². The van der Waals surface area contributed by atoms with Gasteiger partial charge in [0, 0.05) is 26.4 Å². The molecule has 1 aromatic heterocycles. The number of amides is 1. The number of hydrogen-bond acceptors (Lipinski definition) is 4. The minimum absolute atomic E-state index is 0.206. The number of nitrogens with one attached hydrogen (secondary N) is 1. The van der Waals surface area contributed by atoms with E-state index in [4.69, 9.17) is 10.5 Å². The predicted octanol–water partition coefficient (Wildman–Crippen LogP) is -0.0835. The molecule has 3 N–H and O–H groups in total. The van der Waals surface area contributed by atoms with Crippen LogP contribution in [0.1, 0.15) is 16.1 Å². The third kappa shape index (κ3) is 3.65. The van der Waals surface area contributed by atoms with E-state index in [1.165, 1.54) is 0 Å². The number of nitrogens with two attached hydrogens (primary N) is 1. The Labute approximate surface area is 88.6 Å². The molecule has 1 rings (SSSR count). The molecule has 1 amide bonds. The quantitative estimate of drug-likeness (QED) is 0.665. The van der Waals surface area contributed by atoms with Gasteiger partial charge in [-0.25, -0.2) is 0 Å². The molecule has 1 heterocycles. The predicted molar refractivity (Wildman–Crippen MR) is 56.3 cm³/mol. The summed E-state index contributed by atoms with van der Waals surface area (Å²) in [5.74, 6) is -0.206. The molecule has 0 spiro atoms. The van der Waals surface area contributed by atoms with E-state index in [0.717, 1.165) is 5.56 Å². The molecule has 15 heavy (non-hydrogen) atoms. The maximum atomic E-state index is 11.5. The number of aromatic nitrogens is 1. The van der Waals surface area contributed by atoms with Gasteiger partial charge in [0.2, 0.25) is 0 Å². The first-order valence-electron chi connectivity index (χ1n) is 4.70. The SMILES string of the molecule is COCCNC(=O)c1cc(CN)ccn1. The highest BCUT2D eigenvalue weighted by molar-refractivity contribution is 5.92. The molecule has 1 aromatic rings. The topological polar surface area (TPSA) is 77.2 Å². The van der Waals surface area contributed by atoms with Crippen LogP contribution in [0.5, 0.6) is 0 Å². The number of hydrogen-bond donors (Lipinski definition) is 2. The van der Waals surface area contributed by atoms with Gasteiger partial charge in [0.25, 0.3) is 5.91 Å². The van der Waals surface area contributed by atoms with Crippen LogP contribution in [0.2, 0.25) is 0 Å². The summed E-state index contributed by atoms with van der Waals surface area (Å²) < 4.78 is 4.82. The van der Waals surface area contributed by atoms with Gasteiger partial charge in [-0.1, -0.05) is 0 Å². The second-order valence-corrected chi connectivity index (χ2v) is 3.00. The average molecular weight is 209 g/mol. The molecular formula is C10H15N3O2. The summed E-state index contributed by atoms with van der Waals surface area (Å²) in [4.78, 5) is 15.5. The highest BCUT2D eigenvalue weighted by Crippen LogP contribution is 2.00. The van der Waals surface area contributed by atoms with Crippen LogP contribution in [-0.2, 0) is 11.3 Å². The summed E-state index contributed by atoms with van der Waals surface area (Å²) in [6.07, 6.45) is 1.58. The van der Waals surface area contributed by atoms with Crippen LogP contribution in [-0.4, -0.2) is 31.2 Å². The van der Waals surface area contributed by atoms with Gasteiger partial charge in [-0.3, -0.25) is 9.78 Å². The monoisotopic (exact) mass is 209 g/mol. The highest BCUT2D eigenvalue weighted by Gasteiger charge is 2.06. The zero-order valence-corrected chi connectivity index (χ0v) is 8.69. The third-order valence-electron chi connectivity index (χ3n) is 1.88. The molecule has 0 atom stereocenters. The van der Waals surface area contributed by atoms with Crippen LogP contribution in [0, 0.1) is 0 Å². The van der Waals surface area contributed by atoms with Crippen molar-refractivity contribution in [1.29, 1.82) is 0 Å². The van der Waals surface area contributed by atoms with E-state index < -0.39 is 0 Å². The van der Waals surface area contributed by atoms with Gasteiger partial charge in [0.1, 0.15) is 5.69 Å². The molecule has 0 unspecified atom stereocenters. The normalized spacial score (nSPS) is 10.0. The fraction of sp³-hybridized carbons (Fsp3) is 0.400. The molecule has 0 aliphatic rings. The molecule has 0 saturated heterocycles. The highest BCUT2D eigenvalue weighted by atomic mass is 16.5. The Morgan fingerprint density at radius 1 is 1.67 bits per heavy atom. The average Bonchev–Trinajstić information content (AvgIpc) is 2.29. The summed E-state index contributed by atoms with van der Waals surface area (Å²) >= 11 is 0. The van der Waals surface area contributed by atoms with Crippen LogP contribution < -0.4 is 11.1 Å². The van der Waals surface area contributed by atoms with Crippen LogP contribution in [0.4, 0.5) is 0 Å². The van der Waals surface area contributed by atoms with Crippen molar-refractivity contribution in [2.75, 3.05) is 20.3 Å². The molecular weight excluding hydrogens is 194 g/mol. The second kappa shape index (κ2) is 6.10. The van der Waals surface area contributed by atoms with Crippen molar-refractivity contribution in [1.82, 2.24) is 10.3 Å². The Bertz CT molecular complexity index is 328. The van der Waals surface area contributed by atoms with Gasteiger partial charge < -0.3 is 15.8 Å². The lowest BCUT2D eigenvalue weighted by Gasteiger charge is -2.04. The minimum Gasteiger partial charge on any atom is -0.383 e. The van der Waals surface area contributed by atoms with Crippen LogP contribution >= 0.6 is 0 Å². The Morgan fingerprint density at radius 2 is 2.47 bits per heavy atom. The molecule has 0 aliphatic heterocycles. The lowest BCUT2D eigenvalue weighted by Crippen LogP contribution is -2.27. The van der Waals surface area contributed by atoms with Crippen LogP contribution in [0.3, 0.4) is 0 Å². The number of rotatable bonds is 5. The number of pyridine rings is 1. The van der Waals surface area contributed by atoms with Crippen molar-refractivity contribution in [2.24, 2.45) is 5.73 Å². The Morgan fingerprint density at radius 3 is 3.13 bits per heavy atom. The molecule has 0 bridgehead atoms. The molecule has 5 heteroatoms. The molecule has 0 saturated carbocycles. The van der Waals surface area contributed by atoms with Gasteiger partial charge in [-0.2, -0.15) is 0 Å². The Balaban J connectivity index is 2.57. The van der Waals surface area contributed by atoms with E-state index in [0.29, 0.717) is 25.4 Å². The Kier molecular flexibility index (Phi) is 4.73. The number of carbonyl (C=O) groups is 1. The lowest BCUT2D eigenvalue weighted by molar-refractivity contribution is 0.0932. The minimum atomic E-state index is -0.206. The largest absolute Gasteiger partial charge is 0.383 e. The first-order valence-corrected chi connectivity index (χ1v) is 4.70. The fourth-order valence-electron chi connectivity index (χ4n) is 1.08. The van der Waals surface area contributed by atoms with E-state index in [2.05, 4.69) is 10.3 Å². The first kappa shape index (κ1) is 11.6. The van der Waals surface area contributed by atoms with Crippen molar-refractivity contribution in [2.45, 2.75) is 6.54 Å². The van der Waals surface area contributed by atoms with Gasteiger partial charge in [-0.05, 0) is 17.7 Å². The molecule has 0 aliphatic carbocycles. The molecule has 0 aromatic carbocycles. The molecule has 0 radical (unpaired) electrons. The van der Waals surface area contributed by atoms with Gasteiger partial charge >= 0.3 is 0 Å². The van der Waals surface area contributed by atoms with E-state index in [1.54, 1.807) is 25.4 Å². The number of methoxy groups -OCH3 is 1. The summed E-state index contributed by atoms with van der Waals surface area (Å²) in [5, 5.41) is 2.68. The van der Waals surface area contributed by atoms with E-state index in [9.17, 15) is 4.79 Å². The third-order valence-corrected chi connectivity index (χ3v) is 1.88. The van der Waals surface area contributed by atoms with Crippen molar-refractivity contribution in [3.05, 3.63) is 29.6 Å². The summed E-state index contributed by atoms with van der Waals surface area (Å²) in [7, 11) is 1.58. The fourth-order valence-corrected chi connectivity index (χ4v) is 1.08. The lowest BCUT2D eigenvalue weighted by atomic mass is 10.2. The van der Waals surface area contributed by atoms with Crippen LogP contribution in [0.25, 0.3) is 0 Å². The van der Waals surface area contributed by atoms with Gasteiger partial charge in [0.15, 0.2) is 0 Å². The zero-order chi connectivity index (χ0) is 11.1. The number of carbonyl (C=O) groups excluding carboxylic acids is 1. The van der Waals surface area contributed by atoms with E-state index in [1.807, 2.05) is 0 Å². The summed E-state index contributed by atoms with van der Waals surface area (Å²) in [6, 6.07) is 3.47. The second-order valence-electron chi connectivity index (χ2n) is 3.00. The Hall–Kier alpha value is -1.46. The smallest absolute Gasteiger partial charge is 0.269 e. The van der Waals surface area contributed by atoms with E-state index in [-0.39, 0.29) is 5.91 Å². The molecule has 5 nitrogen and oxygen atoms in total. The summed E-state index contributed by atoms with van der Waals surface area (Å²) in [5.41, 5.74) is 6.74. The van der Waals surface area contributed by atoms with Gasteiger partial charge in [0.05, 0.1) is 6.61 Å². The van der Waals surface area contributed by atoms with Crippen molar-refractivity contribution < 1.29 is 9.53 Å². The maximum Gasteiger partial charge on any atom is 0.269 e. The van der Waals surface area contributed by atoms with E-state index >= 15 is 0 Å².